The summed E-state index contributed by atoms with van der Waals surface area (Å²) in [6.45, 7) is 2.30. The van der Waals surface area contributed by atoms with Crippen molar-refractivity contribution in [2.24, 2.45) is 4.99 Å². The minimum Gasteiger partial charge on any atom is -0.360 e. The second-order valence-corrected chi connectivity index (χ2v) is 4.77. The zero-order valence-corrected chi connectivity index (χ0v) is 10.1. The first-order valence-electron chi connectivity index (χ1n) is 5.83. The molecule has 1 heterocycles. The number of rotatable bonds is 4. The maximum absolute atomic E-state index is 4.30. The van der Waals surface area contributed by atoms with Crippen molar-refractivity contribution >= 4 is 13.7 Å². The van der Waals surface area contributed by atoms with Gasteiger partial charge >= 0.3 is 0 Å². The quantitative estimate of drug-likeness (QED) is 0.622. The van der Waals surface area contributed by atoms with Gasteiger partial charge < -0.3 is 4.90 Å². The summed E-state index contributed by atoms with van der Waals surface area (Å²) in [5, 5.41) is 0. The number of aliphatic imine (C=N–C) groups is 1. The van der Waals surface area contributed by atoms with Crippen molar-refractivity contribution in [1.82, 2.24) is 4.90 Å². The SMILES string of the molecule is BC(C)CCCC1CC/C(=N/C)N1C. The van der Waals surface area contributed by atoms with E-state index >= 15 is 0 Å². The minimum absolute atomic E-state index is 0.757. The fourth-order valence-corrected chi connectivity index (χ4v) is 2.25. The lowest BCUT2D eigenvalue weighted by molar-refractivity contribution is 0.360. The molecule has 80 valence electrons. The van der Waals surface area contributed by atoms with Gasteiger partial charge in [-0.15, -0.1) is 0 Å². The van der Waals surface area contributed by atoms with Crippen LogP contribution in [0.2, 0.25) is 5.82 Å². The Bertz CT molecular complexity index is 201. The fourth-order valence-electron chi connectivity index (χ4n) is 2.25. The Labute approximate surface area is 89.2 Å². The van der Waals surface area contributed by atoms with Crippen LogP contribution in [0.1, 0.15) is 39.0 Å². The van der Waals surface area contributed by atoms with Crippen LogP contribution in [0.3, 0.4) is 0 Å². The Morgan fingerprint density at radius 2 is 2.36 bits per heavy atom. The molecule has 2 unspecified atom stereocenters. The van der Waals surface area contributed by atoms with Gasteiger partial charge in [0.05, 0.1) is 5.84 Å². The maximum Gasteiger partial charge on any atom is 0.105 e. The van der Waals surface area contributed by atoms with Crippen LogP contribution < -0.4 is 0 Å². The Morgan fingerprint density at radius 1 is 1.64 bits per heavy atom. The van der Waals surface area contributed by atoms with Crippen molar-refractivity contribution in [3.63, 3.8) is 0 Å². The number of likely N-dealkylation sites (tertiary alicyclic amines) is 1. The molecule has 3 heteroatoms. The molecule has 0 radical (unpaired) electrons. The van der Waals surface area contributed by atoms with E-state index < -0.39 is 0 Å². The number of nitrogens with zero attached hydrogens (tertiary/aromatic N) is 2. The second-order valence-electron chi connectivity index (χ2n) is 4.77. The highest BCUT2D eigenvalue weighted by Crippen LogP contribution is 2.23. The van der Waals surface area contributed by atoms with Crippen molar-refractivity contribution in [2.75, 3.05) is 14.1 Å². The first-order valence-corrected chi connectivity index (χ1v) is 5.83. The average Bonchev–Trinajstić information content (AvgIpc) is 2.47. The molecule has 0 aromatic heterocycles. The van der Waals surface area contributed by atoms with E-state index in [1.165, 1.54) is 37.9 Å². The molecule has 2 atom stereocenters. The summed E-state index contributed by atoms with van der Waals surface area (Å²) in [6.07, 6.45) is 6.56. The molecule has 0 aromatic carbocycles. The van der Waals surface area contributed by atoms with Crippen molar-refractivity contribution in [2.45, 2.75) is 50.9 Å². The molecule has 0 bridgehead atoms. The smallest absolute Gasteiger partial charge is 0.105 e. The zero-order chi connectivity index (χ0) is 10.6. The van der Waals surface area contributed by atoms with Crippen LogP contribution in [0.5, 0.6) is 0 Å². The third-order valence-electron chi connectivity index (χ3n) is 3.23. The highest BCUT2D eigenvalue weighted by molar-refractivity contribution is 6.11. The van der Waals surface area contributed by atoms with E-state index in [9.17, 15) is 0 Å². The molecular weight excluding hydrogens is 171 g/mol. The predicted molar refractivity (Wildman–Crippen MR) is 66.0 cm³/mol. The Kier molecular flexibility index (Phi) is 4.50. The monoisotopic (exact) mass is 194 g/mol. The lowest BCUT2D eigenvalue weighted by atomic mass is 9.84. The van der Waals surface area contributed by atoms with E-state index in [0.29, 0.717) is 0 Å². The van der Waals surface area contributed by atoms with Gasteiger partial charge in [-0.2, -0.15) is 0 Å². The largest absolute Gasteiger partial charge is 0.360 e. The Hall–Kier alpha value is -0.465. The second kappa shape index (κ2) is 5.42. The summed E-state index contributed by atoms with van der Waals surface area (Å²) < 4.78 is 0. The van der Waals surface area contributed by atoms with E-state index in [2.05, 4.69) is 31.7 Å². The van der Waals surface area contributed by atoms with Crippen LogP contribution in [0.15, 0.2) is 4.99 Å². The van der Waals surface area contributed by atoms with Gasteiger partial charge in [0.1, 0.15) is 7.85 Å². The average molecular weight is 194 g/mol. The van der Waals surface area contributed by atoms with Crippen LogP contribution in [-0.2, 0) is 0 Å². The zero-order valence-electron chi connectivity index (χ0n) is 10.1. The highest BCUT2D eigenvalue weighted by atomic mass is 15.2. The van der Waals surface area contributed by atoms with Gasteiger partial charge in [-0.05, 0) is 12.8 Å². The minimum atomic E-state index is 0.757. The van der Waals surface area contributed by atoms with Gasteiger partial charge in [-0.1, -0.05) is 25.6 Å². The molecule has 0 aromatic rings. The normalized spacial score (nSPS) is 27.2. The van der Waals surface area contributed by atoms with E-state index in [0.717, 1.165) is 11.9 Å². The Morgan fingerprint density at radius 3 is 2.86 bits per heavy atom. The van der Waals surface area contributed by atoms with Gasteiger partial charge in [-0.25, -0.2) is 0 Å². The maximum atomic E-state index is 4.30. The molecule has 0 saturated carbocycles. The third kappa shape index (κ3) is 3.04. The molecule has 14 heavy (non-hydrogen) atoms. The van der Waals surface area contributed by atoms with E-state index in [4.69, 9.17) is 0 Å². The van der Waals surface area contributed by atoms with Crippen molar-refractivity contribution < 1.29 is 0 Å². The molecule has 2 nitrogen and oxygen atoms in total. The summed E-state index contributed by atoms with van der Waals surface area (Å²) in [5.74, 6) is 2.14. The lowest BCUT2D eigenvalue weighted by Crippen LogP contribution is -2.28. The van der Waals surface area contributed by atoms with Crippen LogP contribution in [-0.4, -0.2) is 38.7 Å². The fraction of sp³-hybridized carbons (Fsp3) is 0.909. The van der Waals surface area contributed by atoms with Crippen molar-refractivity contribution in [3.8, 4) is 0 Å². The number of hydrogen-bond donors (Lipinski definition) is 0. The molecule has 0 spiro atoms. The van der Waals surface area contributed by atoms with E-state index in [-0.39, 0.29) is 0 Å². The summed E-state index contributed by atoms with van der Waals surface area (Å²) in [7, 11) is 6.40. The molecular formula is C11H23BN2. The molecule has 1 fully saturated rings. The Balaban J connectivity index is 2.26. The van der Waals surface area contributed by atoms with Gasteiger partial charge in [0, 0.05) is 26.6 Å². The van der Waals surface area contributed by atoms with Crippen LogP contribution in [0, 0.1) is 0 Å². The third-order valence-corrected chi connectivity index (χ3v) is 3.23. The van der Waals surface area contributed by atoms with Gasteiger partial charge in [0.15, 0.2) is 0 Å². The van der Waals surface area contributed by atoms with Crippen molar-refractivity contribution in [3.05, 3.63) is 0 Å². The standard InChI is InChI=1S/C11H23BN2/c1-9(12)5-4-6-10-7-8-11(13-2)14(10)3/h9-10H,4-8,12H2,1-3H3/b13-11-. The van der Waals surface area contributed by atoms with E-state index in [1.807, 2.05) is 7.05 Å². The van der Waals surface area contributed by atoms with Gasteiger partial charge in [0.25, 0.3) is 0 Å². The van der Waals surface area contributed by atoms with Crippen LogP contribution in [0.4, 0.5) is 0 Å². The molecule has 1 saturated heterocycles. The summed E-state index contributed by atoms with van der Waals surface area (Å²) in [4.78, 5) is 6.68. The first-order chi connectivity index (χ1) is 6.65. The van der Waals surface area contributed by atoms with E-state index in [1.54, 1.807) is 0 Å². The predicted octanol–water partition coefficient (Wildman–Crippen LogP) is 1.72. The molecule has 1 rings (SSSR count). The number of hydrogen-bond acceptors (Lipinski definition) is 1. The molecule has 0 amide bonds. The van der Waals surface area contributed by atoms with Gasteiger partial charge in [-0.3, -0.25) is 4.99 Å². The summed E-state index contributed by atoms with van der Waals surface area (Å²) in [6, 6.07) is 0.757. The van der Waals surface area contributed by atoms with Crippen LogP contribution >= 0.6 is 0 Å². The van der Waals surface area contributed by atoms with Crippen molar-refractivity contribution in [1.29, 1.82) is 0 Å². The van der Waals surface area contributed by atoms with Gasteiger partial charge in [0.2, 0.25) is 0 Å². The lowest BCUT2D eigenvalue weighted by Gasteiger charge is -2.22. The molecule has 0 aliphatic carbocycles. The van der Waals surface area contributed by atoms with Crippen LogP contribution in [0.25, 0.3) is 0 Å². The molecule has 1 aliphatic heterocycles. The molecule has 0 N–H and O–H groups in total. The summed E-state index contributed by atoms with van der Waals surface area (Å²) in [5.41, 5.74) is 0. The molecule has 1 aliphatic rings. The summed E-state index contributed by atoms with van der Waals surface area (Å²) >= 11 is 0. The number of amidine groups is 1. The topological polar surface area (TPSA) is 15.6 Å². The highest BCUT2D eigenvalue weighted by Gasteiger charge is 2.24. The first kappa shape index (κ1) is 11.6.